The molecule has 0 aliphatic carbocycles. The van der Waals surface area contributed by atoms with E-state index in [9.17, 15) is 4.79 Å². The molecule has 0 aliphatic heterocycles. The first-order valence-corrected chi connectivity index (χ1v) is 26.6. The quantitative estimate of drug-likeness (QED) is 0.0505. The van der Waals surface area contributed by atoms with E-state index < -0.39 is 0 Å². The van der Waals surface area contributed by atoms with Gasteiger partial charge >= 0.3 is 0 Å². The van der Waals surface area contributed by atoms with Gasteiger partial charge < -0.3 is 94.8 Å². The summed E-state index contributed by atoms with van der Waals surface area (Å²) in [5, 5.41) is 3.12. The van der Waals surface area contributed by atoms with E-state index in [0.717, 1.165) is 118 Å². The predicted molar refractivity (Wildman–Crippen MR) is 297 cm³/mol. The molecule has 0 saturated carbocycles. The number of hydrogen-bond donors (Lipinski definition) is 1. The average molecular weight is 1420 g/mol. The molecule has 0 spiro atoms. The molecule has 15 nitrogen and oxygen atoms in total. The van der Waals surface area contributed by atoms with Crippen LogP contribution >= 0.6 is 0 Å². The molecule has 1 amide bonds. The molecule has 9 rings (SSSR count). The van der Waals surface area contributed by atoms with Crippen molar-refractivity contribution in [3.63, 3.8) is 0 Å². The molecule has 81 heavy (non-hydrogen) atoms. The van der Waals surface area contributed by atoms with Crippen LogP contribution in [-0.4, -0.2) is 70.2 Å². The van der Waals surface area contributed by atoms with E-state index in [4.69, 9.17) is 0 Å². The smallest absolute Gasteiger partial charge is 0.219 e. The maximum atomic E-state index is 12.4. The summed E-state index contributed by atoms with van der Waals surface area (Å²) in [5.74, 6) is 6.11. The second-order valence-corrected chi connectivity index (χ2v) is 19.5. The zero-order valence-electron chi connectivity index (χ0n) is 47.4. The molecule has 0 radical (unpaired) electrons. The number of aromatic nitrogens is 13. The van der Waals surface area contributed by atoms with Gasteiger partial charge in [0.25, 0.3) is 0 Å². The largest absolute Gasteiger partial charge is 1.00 e. The minimum absolute atomic E-state index is 0. The second-order valence-electron chi connectivity index (χ2n) is 19.5. The van der Waals surface area contributed by atoms with Gasteiger partial charge in [-0.15, -0.1) is 0 Å². The van der Waals surface area contributed by atoms with Gasteiger partial charge in [0.15, 0.2) is 41.5 Å². The van der Waals surface area contributed by atoms with Crippen molar-refractivity contribution < 1.29 is 95.8 Å². The number of nitrogens with one attached hydrogen (secondary N) is 1. The number of nitrogens with zero attached hydrogens (tertiary/aromatic N) is 13. The maximum Gasteiger partial charge on any atom is 0.219 e. The first-order valence-electron chi connectivity index (χ1n) is 26.6. The Kier molecular flexibility index (Phi) is 35.4. The molecular weight excluding hydrogens is 1340 g/mol. The molecule has 3 unspecified atom stereocenters. The van der Waals surface area contributed by atoms with Crippen molar-refractivity contribution in [2.75, 3.05) is 6.54 Å². The van der Waals surface area contributed by atoms with Crippen LogP contribution in [0.5, 0.6) is 0 Å². The van der Waals surface area contributed by atoms with E-state index in [1.54, 1.807) is 24.8 Å². The summed E-state index contributed by atoms with van der Waals surface area (Å²) in [5.41, 5.74) is 6.12. The van der Waals surface area contributed by atoms with E-state index in [1.165, 1.54) is 16.7 Å². The Morgan fingerprint density at radius 1 is 0.556 bits per heavy atom. The number of carbonyl (C=O) groups excluding carboxylic acids is 1. The Bertz CT molecular complexity index is 2920. The first kappa shape index (κ1) is 73.5. The Balaban J connectivity index is 0.000000895. The number of halogens is 5. The topological polar surface area (TPSA) is 148 Å². The second kappa shape index (κ2) is 39.0. The molecular formula is C60H77BrCl4N14OOs-4. The number of carbonyl (C=O) groups is 1. The van der Waals surface area contributed by atoms with E-state index in [-0.39, 0.29) is 92.3 Å². The zero-order valence-corrected chi connectivity index (χ0v) is 54.6. The minimum Gasteiger partial charge on any atom is -1.00 e. The number of unbranched alkanes of at least 4 members (excludes halogenated alkanes) is 4. The molecule has 8 heterocycles. The number of aryl methyl sites for hydroxylation is 7. The summed E-state index contributed by atoms with van der Waals surface area (Å²) in [4.78, 5) is 42.7. The van der Waals surface area contributed by atoms with Gasteiger partial charge in [-0.3, -0.25) is 9.78 Å². The van der Waals surface area contributed by atoms with Crippen molar-refractivity contribution in [2.24, 2.45) is 28.2 Å². The summed E-state index contributed by atoms with van der Waals surface area (Å²) in [7, 11) is 7.82. The van der Waals surface area contributed by atoms with E-state index >= 15 is 0 Å². The Morgan fingerprint density at radius 2 is 1.07 bits per heavy atom. The predicted octanol–water partition coefficient (Wildman–Crippen LogP) is -4.00. The average Bonchev–Trinajstić information content (AvgIpc) is 4.32. The fourth-order valence-electron chi connectivity index (χ4n) is 9.49. The fourth-order valence-corrected chi connectivity index (χ4v) is 9.49. The van der Waals surface area contributed by atoms with Crippen LogP contribution in [0.25, 0.3) is 34.8 Å². The van der Waals surface area contributed by atoms with Crippen molar-refractivity contribution in [1.29, 1.82) is 0 Å². The van der Waals surface area contributed by atoms with Crippen LogP contribution in [0.4, 0.5) is 0 Å². The molecule has 9 aromatic rings. The van der Waals surface area contributed by atoms with Gasteiger partial charge in [-0.1, -0.05) is 63.1 Å². The van der Waals surface area contributed by atoms with Crippen LogP contribution in [0.3, 0.4) is 0 Å². The molecule has 8 aromatic heterocycles. The number of hydrogen-bond acceptors (Lipinski definition) is 8. The summed E-state index contributed by atoms with van der Waals surface area (Å²) < 4.78 is 12.2. The van der Waals surface area contributed by atoms with Gasteiger partial charge in [0.1, 0.15) is 12.2 Å². The normalized spacial score (nSPS) is 11.3. The van der Waals surface area contributed by atoms with E-state index in [2.05, 4.69) is 130 Å². The van der Waals surface area contributed by atoms with Crippen LogP contribution in [0.1, 0.15) is 118 Å². The van der Waals surface area contributed by atoms with Crippen molar-refractivity contribution in [3.05, 3.63) is 182 Å². The minimum atomic E-state index is 0. The maximum absolute atomic E-state index is 12.4. The first-order chi connectivity index (χ1) is 36.6. The summed E-state index contributed by atoms with van der Waals surface area (Å²) in [6.07, 6.45) is 37.0. The van der Waals surface area contributed by atoms with Crippen LogP contribution in [-0.2, 0) is 65.9 Å². The molecule has 0 saturated heterocycles. The molecule has 440 valence electrons. The Morgan fingerprint density at radius 3 is 1.59 bits per heavy atom. The number of pyridine rings is 3. The SMILES string of the molecule is CCC(CC(CC(C)c1ccccc1)c1ccncc1)c1cc[n+](CCCCC(=O)NCCCCCCn2ccnc2-c2cccc(C)n2)cc1.Cn1ccnc1-c1nccn1C.Cn1ccnc1-c1nccn1C.[Br-].[Cl-].[Cl-].[Cl-].[Cl-].[Os]. The van der Waals surface area contributed by atoms with Crippen molar-refractivity contribution in [2.45, 2.75) is 116 Å². The number of rotatable bonds is 23. The Labute approximate surface area is 528 Å². The van der Waals surface area contributed by atoms with Gasteiger partial charge in [-0.2, -0.15) is 0 Å². The molecule has 3 atom stereocenters. The van der Waals surface area contributed by atoms with Crippen LogP contribution < -0.4 is 76.5 Å². The number of amides is 1. The molecule has 0 aliphatic rings. The van der Waals surface area contributed by atoms with E-state index in [0.29, 0.717) is 24.2 Å². The van der Waals surface area contributed by atoms with Crippen LogP contribution in [0.2, 0.25) is 0 Å². The fraction of sp³-hybridized carbons (Fsp3) is 0.383. The molecule has 1 aromatic carbocycles. The molecule has 0 bridgehead atoms. The monoisotopic (exact) mass is 1420 g/mol. The van der Waals surface area contributed by atoms with Crippen molar-refractivity contribution in [3.8, 4) is 34.8 Å². The summed E-state index contributed by atoms with van der Waals surface area (Å²) in [6.45, 7) is 9.28. The zero-order chi connectivity index (χ0) is 52.8. The van der Waals surface area contributed by atoms with Gasteiger partial charge in [0.2, 0.25) is 5.91 Å². The number of benzene rings is 1. The number of imidazole rings is 5. The third kappa shape index (κ3) is 22.6. The van der Waals surface area contributed by atoms with Gasteiger partial charge in [-0.05, 0) is 104 Å². The Hall–Kier alpha value is -5.53. The third-order valence-corrected chi connectivity index (χ3v) is 13.9. The van der Waals surface area contributed by atoms with Crippen molar-refractivity contribution in [1.82, 2.24) is 63.0 Å². The van der Waals surface area contributed by atoms with Gasteiger partial charge in [0, 0.05) is 166 Å². The van der Waals surface area contributed by atoms with Crippen LogP contribution in [0, 0.1) is 6.92 Å². The molecule has 21 heteroatoms. The van der Waals surface area contributed by atoms with Crippen LogP contribution in [0.15, 0.2) is 160 Å². The standard InChI is InChI=1S/C44H56N6O.2C8H10N4.BrH.4ClH.Os/c1-4-37(34-41(39-20-25-45-26-21-39)33-35(2)38-16-8-7-9-17-38)40-22-30-49(31-23-40)28-13-10-19-43(51)46-24-11-5-6-12-29-50-32-27-47-44(50)42-18-14-15-36(3)48-42;2*1-11-5-3-9-7(11)8-10-4-6-12(8)2;;;;;;/h7-9,14-18,20-23,25-27,30-32,35,37,41H,4-6,10-13,19,24,28-29,33-34H2,1-3H3;2*3-6H,1-2H3;5*1H;/p-4. The molecule has 0 fully saturated rings. The van der Waals surface area contributed by atoms with Gasteiger partial charge in [-0.25, -0.2) is 34.5 Å². The summed E-state index contributed by atoms with van der Waals surface area (Å²) in [6, 6.07) is 25.9. The van der Waals surface area contributed by atoms with E-state index in [1.807, 2.05) is 121 Å². The summed E-state index contributed by atoms with van der Waals surface area (Å²) >= 11 is 0. The van der Waals surface area contributed by atoms with Gasteiger partial charge in [0.05, 0.1) is 0 Å². The third-order valence-electron chi connectivity index (χ3n) is 13.9. The van der Waals surface area contributed by atoms with Crippen molar-refractivity contribution >= 4 is 5.91 Å². The molecule has 1 N–H and O–H groups in total.